The lowest BCUT2D eigenvalue weighted by Crippen LogP contribution is -2.37. The van der Waals surface area contributed by atoms with Crippen LogP contribution in [0.5, 0.6) is 5.75 Å². The van der Waals surface area contributed by atoms with Gasteiger partial charge in [0.15, 0.2) is 0 Å². The molecule has 0 heterocycles. The summed E-state index contributed by atoms with van der Waals surface area (Å²) >= 11 is 0. The summed E-state index contributed by atoms with van der Waals surface area (Å²) in [5, 5.41) is 5.65. The molecule has 2 amide bonds. The van der Waals surface area contributed by atoms with Gasteiger partial charge in [0.05, 0.1) is 7.11 Å². The third kappa shape index (κ3) is 5.57. The Bertz CT molecular complexity index is 367. The predicted molar refractivity (Wildman–Crippen MR) is 73.0 cm³/mol. The molecule has 0 radical (unpaired) electrons. The van der Waals surface area contributed by atoms with Crippen molar-refractivity contribution in [3.8, 4) is 5.75 Å². The number of urea groups is 1. The van der Waals surface area contributed by atoms with E-state index in [1.165, 1.54) is 0 Å². The highest BCUT2D eigenvalue weighted by molar-refractivity contribution is 5.73. The molecule has 2 N–H and O–H groups in total. The minimum atomic E-state index is -0.0913. The Morgan fingerprint density at radius 1 is 1.28 bits per heavy atom. The largest absolute Gasteiger partial charge is 0.497 e. The highest BCUT2D eigenvalue weighted by Crippen LogP contribution is 2.12. The summed E-state index contributed by atoms with van der Waals surface area (Å²) < 4.78 is 5.15. The monoisotopic (exact) mass is 250 g/mol. The van der Waals surface area contributed by atoms with Gasteiger partial charge in [0, 0.05) is 13.1 Å². The molecule has 0 aliphatic heterocycles. The molecule has 100 valence electrons. The van der Waals surface area contributed by atoms with Crippen LogP contribution in [0.1, 0.15) is 25.3 Å². The molecule has 0 aliphatic carbocycles. The van der Waals surface area contributed by atoms with Gasteiger partial charge in [-0.05, 0) is 30.5 Å². The van der Waals surface area contributed by atoms with Gasteiger partial charge in [-0.25, -0.2) is 4.79 Å². The summed E-state index contributed by atoms with van der Waals surface area (Å²) in [6.45, 7) is 3.47. The van der Waals surface area contributed by atoms with Crippen molar-refractivity contribution in [2.75, 3.05) is 20.2 Å². The van der Waals surface area contributed by atoms with Crippen LogP contribution in [0.3, 0.4) is 0 Å². The van der Waals surface area contributed by atoms with Crippen molar-refractivity contribution >= 4 is 6.03 Å². The first-order valence-electron chi connectivity index (χ1n) is 6.41. The molecule has 1 aromatic carbocycles. The molecule has 0 saturated heterocycles. The van der Waals surface area contributed by atoms with Crippen LogP contribution >= 0.6 is 0 Å². The molecule has 4 heteroatoms. The number of nitrogens with one attached hydrogen (secondary N) is 2. The van der Waals surface area contributed by atoms with Gasteiger partial charge >= 0.3 is 6.03 Å². The Kier molecular flexibility index (Phi) is 6.69. The van der Waals surface area contributed by atoms with E-state index in [9.17, 15) is 4.79 Å². The average Bonchev–Trinajstić information content (AvgIpc) is 2.39. The summed E-state index contributed by atoms with van der Waals surface area (Å²) in [6.07, 6.45) is 2.91. The summed E-state index contributed by atoms with van der Waals surface area (Å²) in [6, 6.07) is 7.78. The Morgan fingerprint density at radius 2 is 2.06 bits per heavy atom. The number of methoxy groups -OCH3 is 1. The number of unbranched alkanes of at least 4 members (excludes halogenated alkanes) is 1. The van der Waals surface area contributed by atoms with Crippen LogP contribution in [-0.4, -0.2) is 26.2 Å². The molecule has 0 spiro atoms. The minimum absolute atomic E-state index is 0.0913. The fourth-order valence-electron chi connectivity index (χ4n) is 1.59. The molecule has 1 rings (SSSR count). The summed E-state index contributed by atoms with van der Waals surface area (Å²) in [5.41, 5.74) is 1.16. The topological polar surface area (TPSA) is 50.4 Å². The second kappa shape index (κ2) is 8.39. The van der Waals surface area contributed by atoms with E-state index in [4.69, 9.17) is 4.74 Å². The Balaban J connectivity index is 2.22. The smallest absolute Gasteiger partial charge is 0.314 e. The predicted octanol–water partition coefficient (Wildman–Crippen LogP) is 2.34. The van der Waals surface area contributed by atoms with E-state index in [-0.39, 0.29) is 6.03 Å². The zero-order valence-corrected chi connectivity index (χ0v) is 11.2. The lowest BCUT2D eigenvalue weighted by Gasteiger charge is -2.07. The van der Waals surface area contributed by atoms with Gasteiger partial charge in [-0.1, -0.05) is 25.5 Å². The van der Waals surface area contributed by atoms with Crippen molar-refractivity contribution < 1.29 is 9.53 Å². The zero-order chi connectivity index (χ0) is 13.2. The quantitative estimate of drug-likeness (QED) is 0.730. The molecule has 4 nitrogen and oxygen atoms in total. The van der Waals surface area contributed by atoms with E-state index < -0.39 is 0 Å². The van der Waals surface area contributed by atoms with Gasteiger partial charge in [-0.15, -0.1) is 0 Å². The maximum Gasteiger partial charge on any atom is 0.314 e. The second-order valence-electron chi connectivity index (χ2n) is 4.14. The second-order valence-corrected chi connectivity index (χ2v) is 4.14. The van der Waals surface area contributed by atoms with Crippen LogP contribution < -0.4 is 15.4 Å². The maximum absolute atomic E-state index is 11.4. The third-order valence-electron chi connectivity index (χ3n) is 2.65. The first-order valence-corrected chi connectivity index (χ1v) is 6.41. The van der Waals surface area contributed by atoms with Crippen LogP contribution in [0.25, 0.3) is 0 Å². The lowest BCUT2D eigenvalue weighted by molar-refractivity contribution is 0.241. The van der Waals surface area contributed by atoms with E-state index >= 15 is 0 Å². The van der Waals surface area contributed by atoms with Crippen LogP contribution in [0.15, 0.2) is 24.3 Å². The van der Waals surface area contributed by atoms with Crippen LogP contribution in [-0.2, 0) is 6.42 Å². The van der Waals surface area contributed by atoms with Crippen LogP contribution in [0.4, 0.5) is 4.79 Å². The standard InChI is InChI=1S/C14H22N2O2/c1-3-4-9-15-14(17)16-10-8-12-6-5-7-13(11-12)18-2/h5-7,11H,3-4,8-10H2,1-2H3,(H2,15,16,17). The SMILES string of the molecule is CCCCNC(=O)NCCc1cccc(OC)c1. The molecule has 18 heavy (non-hydrogen) atoms. The fraction of sp³-hybridized carbons (Fsp3) is 0.500. The molecule has 0 unspecified atom stereocenters. The molecule has 0 atom stereocenters. The first kappa shape index (κ1) is 14.4. The molecule has 1 aromatic rings. The highest BCUT2D eigenvalue weighted by Gasteiger charge is 1.99. The number of hydrogen-bond donors (Lipinski definition) is 2. The van der Waals surface area contributed by atoms with Gasteiger partial charge in [0.2, 0.25) is 0 Å². The van der Waals surface area contributed by atoms with Crippen molar-refractivity contribution in [3.05, 3.63) is 29.8 Å². The number of carbonyl (C=O) groups is 1. The first-order chi connectivity index (χ1) is 8.76. The third-order valence-corrected chi connectivity index (χ3v) is 2.65. The molecule has 0 aliphatic rings. The molecular formula is C14H22N2O2. The minimum Gasteiger partial charge on any atom is -0.497 e. The van der Waals surface area contributed by atoms with Crippen LogP contribution in [0.2, 0.25) is 0 Å². The van der Waals surface area contributed by atoms with Crippen molar-refractivity contribution in [1.82, 2.24) is 10.6 Å². The van der Waals surface area contributed by atoms with Gasteiger partial charge < -0.3 is 15.4 Å². The fourth-order valence-corrected chi connectivity index (χ4v) is 1.59. The number of hydrogen-bond acceptors (Lipinski definition) is 2. The summed E-state index contributed by atoms with van der Waals surface area (Å²) in [4.78, 5) is 11.4. The van der Waals surface area contributed by atoms with Crippen molar-refractivity contribution in [3.63, 3.8) is 0 Å². The van der Waals surface area contributed by atoms with E-state index in [1.54, 1.807) is 7.11 Å². The Hall–Kier alpha value is -1.71. The van der Waals surface area contributed by atoms with Gasteiger partial charge in [0.25, 0.3) is 0 Å². The maximum atomic E-state index is 11.4. The summed E-state index contributed by atoms with van der Waals surface area (Å²) in [5.74, 6) is 0.847. The van der Waals surface area contributed by atoms with Gasteiger partial charge in [0.1, 0.15) is 5.75 Å². The number of amides is 2. The number of rotatable bonds is 7. The number of benzene rings is 1. The molecular weight excluding hydrogens is 228 g/mol. The average molecular weight is 250 g/mol. The zero-order valence-electron chi connectivity index (χ0n) is 11.2. The molecule has 0 saturated carbocycles. The van der Waals surface area contributed by atoms with E-state index in [0.29, 0.717) is 6.54 Å². The molecule has 0 fully saturated rings. The van der Waals surface area contributed by atoms with Gasteiger partial charge in [-0.2, -0.15) is 0 Å². The van der Waals surface area contributed by atoms with E-state index in [0.717, 1.165) is 37.1 Å². The van der Waals surface area contributed by atoms with Gasteiger partial charge in [-0.3, -0.25) is 0 Å². The highest BCUT2D eigenvalue weighted by atomic mass is 16.5. The molecule has 0 aromatic heterocycles. The normalized spacial score (nSPS) is 9.89. The Morgan fingerprint density at radius 3 is 2.78 bits per heavy atom. The van der Waals surface area contributed by atoms with Crippen molar-refractivity contribution in [2.45, 2.75) is 26.2 Å². The van der Waals surface area contributed by atoms with Crippen molar-refractivity contribution in [2.24, 2.45) is 0 Å². The van der Waals surface area contributed by atoms with Crippen LogP contribution in [0, 0.1) is 0 Å². The summed E-state index contributed by atoms with van der Waals surface area (Å²) in [7, 11) is 1.65. The molecule has 0 bridgehead atoms. The lowest BCUT2D eigenvalue weighted by atomic mass is 10.1. The Labute approximate surface area is 109 Å². The van der Waals surface area contributed by atoms with E-state index in [2.05, 4.69) is 17.6 Å². The van der Waals surface area contributed by atoms with Crippen molar-refractivity contribution in [1.29, 1.82) is 0 Å². The van der Waals surface area contributed by atoms with E-state index in [1.807, 2.05) is 24.3 Å². The number of carbonyl (C=O) groups excluding carboxylic acids is 1. The number of ether oxygens (including phenoxy) is 1.